The summed E-state index contributed by atoms with van der Waals surface area (Å²) in [6.45, 7) is 2.63. The molecule has 0 bridgehead atoms. The zero-order valence-electron chi connectivity index (χ0n) is 24.6. The van der Waals surface area contributed by atoms with Gasteiger partial charge in [0.1, 0.15) is 0 Å². The number of carbonyl (C=O) groups is 1. The Balaban J connectivity index is 1.29. The van der Waals surface area contributed by atoms with Gasteiger partial charge in [-0.2, -0.15) is 0 Å². The molecule has 0 aliphatic carbocycles. The highest BCUT2D eigenvalue weighted by atomic mass is 16.5. The lowest BCUT2D eigenvalue weighted by Gasteiger charge is -2.37. The summed E-state index contributed by atoms with van der Waals surface area (Å²) in [5.74, 6) is 1.47. The molecule has 0 spiro atoms. The van der Waals surface area contributed by atoms with Gasteiger partial charge >= 0.3 is 0 Å². The number of rotatable bonds is 13. The third-order valence-corrected chi connectivity index (χ3v) is 7.98. The summed E-state index contributed by atoms with van der Waals surface area (Å²) in [5, 5.41) is 6.74. The number of nitrogens with one attached hydrogen (secondary N) is 2. The largest absolute Gasteiger partial charge is 0.493 e. The lowest BCUT2D eigenvalue weighted by Crippen LogP contribution is -2.43. The molecule has 0 aromatic heterocycles. The summed E-state index contributed by atoms with van der Waals surface area (Å²) in [4.78, 5) is 15.4. The molecule has 6 heteroatoms. The van der Waals surface area contributed by atoms with Crippen molar-refractivity contribution in [2.45, 2.75) is 38.3 Å². The standard InChI is InChI=1S/C36H41N3O3/c1-41-34-18-15-29(23-35(34)42-2)22-33-32-17-16-31(37-20-9-14-27-10-5-3-6-11-27)24-30(32)19-21-39(33)26-36(40)38-25-28-12-7-4-8-13-28/h3-8,10-13,15-18,23-24,33,37H,9,14,19-22,25-26H2,1-2H3,(H,38,40). The molecular weight excluding hydrogens is 522 g/mol. The van der Waals surface area contributed by atoms with Gasteiger partial charge in [0.25, 0.3) is 0 Å². The SMILES string of the molecule is COc1ccc(CC2c3ccc(NCCCc4ccccc4)cc3CCN2CC(=O)NCc2ccccc2)cc1OC. The van der Waals surface area contributed by atoms with Crippen LogP contribution in [0.2, 0.25) is 0 Å². The first-order valence-electron chi connectivity index (χ1n) is 14.8. The molecule has 0 fully saturated rings. The number of hydrogen-bond donors (Lipinski definition) is 2. The third-order valence-electron chi connectivity index (χ3n) is 7.98. The average molecular weight is 564 g/mol. The average Bonchev–Trinajstić information content (AvgIpc) is 3.04. The van der Waals surface area contributed by atoms with E-state index in [4.69, 9.17) is 9.47 Å². The Hall–Kier alpha value is -4.29. The highest BCUT2D eigenvalue weighted by molar-refractivity contribution is 5.78. The first-order chi connectivity index (χ1) is 20.6. The highest BCUT2D eigenvalue weighted by Crippen LogP contribution is 2.36. The maximum atomic E-state index is 13.1. The fraction of sp³-hybridized carbons (Fsp3) is 0.306. The van der Waals surface area contributed by atoms with Crippen LogP contribution in [-0.2, 0) is 30.6 Å². The fourth-order valence-corrected chi connectivity index (χ4v) is 5.74. The summed E-state index contributed by atoms with van der Waals surface area (Å²) in [5.41, 5.74) is 7.39. The van der Waals surface area contributed by atoms with Gasteiger partial charge in [-0.05, 0) is 77.8 Å². The molecule has 2 N–H and O–H groups in total. The van der Waals surface area contributed by atoms with E-state index in [1.165, 1.54) is 16.7 Å². The van der Waals surface area contributed by atoms with Crippen molar-refractivity contribution >= 4 is 11.6 Å². The molecule has 0 saturated heterocycles. The quantitative estimate of drug-likeness (QED) is 0.190. The molecule has 42 heavy (non-hydrogen) atoms. The van der Waals surface area contributed by atoms with Crippen LogP contribution in [-0.4, -0.2) is 44.7 Å². The second-order valence-corrected chi connectivity index (χ2v) is 10.8. The predicted octanol–water partition coefficient (Wildman–Crippen LogP) is 6.21. The number of carbonyl (C=O) groups excluding carboxylic acids is 1. The van der Waals surface area contributed by atoms with Gasteiger partial charge in [0.2, 0.25) is 5.91 Å². The highest BCUT2D eigenvalue weighted by Gasteiger charge is 2.29. The van der Waals surface area contributed by atoms with Crippen LogP contribution in [0.25, 0.3) is 0 Å². The van der Waals surface area contributed by atoms with Crippen molar-refractivity contribution in [3.05, 3.63) is 125 Å². The van der Waals surface area contributed by atoms with Gasteiger partial charge in [0.15, 0.2) is 11.5 Å². The minimum Gasteiger partial charge on any atom is -0.493 e. The molecule has 5 rings (SSSR count). The van der Waals surface area contributed by atoms with Crippen molar-refractivity contribution in [2.24, 2.45) is 0 Å². The maximum absolute atomic E-state index is 13.1. The number of amides is 1. The van der Waals surface area contributed by atoms with Gasteiger partial charge in [0.05, 0.1) is 20.8 Å². The first kappa shape index (κ1) is 29.2. The number of methoxy groups -OCH3 is 2. The summed E-state index contributed by atoms with van der Waals surface area (Å²) in [7, 11) is 3.31. The molecule has 1 heterocycles. The van der Waals surface area contributed by atoms with Crippen LogP contribution in [0.3, 0.4) is 0 Å². The zero-order valence-corrected chi connectivity index (χ0v) is 24.6. The molecule has 218 valence electrons. The van der Waals surface area contributed by atoms with Crippen molar-refractivity contribution < 1.29 is 14.3 Å². The van der Waals surface area contributed by atoms with Gasteiger partial charge in [-0.25, -0.2) is 0 Å². The van der Waals surface area contributed by atoms with Crippen LogP contribution in [0.4, 0.5) is 5.69 Å². The van der Waals surface area contributed by atoms with E-state index in [-0.39, 0.29) is 11.9 Å². The molecule has 1 atom stereocenters. The van der Waals surface area contributed by atoms with E-state index < -0.39 is 0 Å². The van der Waals surface area contributed by atoms with Crippen molar-refractivity contribution in [2.75, 3.05) is 39.2 Å². The summed E-state index contributed by atoms with van der Waals surface area (Å²) in [6, 6.07) is 33.6. The lowest BCUT2D eigenvalue weighted by atomic mass is 9.88. The van der Waals surface area contributed by atoms with E-state index in [2.05, 4.69) is 70.1 Å². The molecule has 1 amide bonds. The zero-order chi connectivity index (χ0) is 29.1. The molecular formula is C36H41N3O3. The Labute approximate surface area is 249 Å². The van der Waals surface area contributed by atoms with Gasteiger partial charge in [0, 0.05) is 31.4 Å². The van der Waals surface area contributed by atoms with Crippen molar-refractivity contribution in [3.8, 4) is 11.5 Å². The Bertz CT molecular complexity index is 1440. The first-order valence-corrected chi connectivity index (χ1v) is 14.8. The Morgan fingerprint density at radius 1 is 0.833 bits per heavy atom. The van der Waals surface area contributed by atoms with Crippen LogP contribution < -0.4 is 20.1 Å². The summed E-state index contributed by atoms with van der Waals surface area (Å²) >= 11 is 0. The van der Waals surface area contributed by atoms with E-state index in [1.807, 2.05) is 42.5 Å². The summed E-state index contributed by atoms with van der Waals surface area (Å²) in [6.07, 6.45) is 3.81. The second kappa shape index (κ2) is 14.6. The molecule has 1 unspecified atom stereocenters. The monoisotopic (exact) mass is 563 g/mol. The van der Waals surface area contributed by atoms with Crippen LogP contribution in [0.15, 0.2) is 97.1 Å². The Morgan fingerprint density at radius 2 is 1.57 bits per heavy atom. The normalized spacial score (nSPS) is 14.6. The van der Waals surface area contributed by atoms with Gasteiger partial charge in [-0.1, -0.05) is 72.8 Å². The maximum Gasteiger partial charge on any atom is 0.234 e. The van der Waals surface area contributed by atoms with Gasteiger partial charge < -0.3 is 20.1 Å². The van der Waals surface area contributed by atoms with Crippen molar-refractivity contribution in [1.82, 2.24) is 10.2 Å². The number of nitrogens with zero attached hydrogens (tertiary/aromatic N) is 1. The molecule has 6 nitrogen and oxygen atoms in total. The van der Waals surface area contributed by atoms with Crippen molar-refractivity contribution in [3.63, 3.8) is 0 Å². The fourth-order valence-electron chi connectivity index (χ4n) is 5.74. The molecule has 1 aliphatic heterocycles. The topological polar surface area (TPSA) is 62.8 Å². The molecule has 1 aliphatic rings. The van der Waals surface area contributed by atoms with Crippen LogP contribution in [0, 0.1) is 0 Å². The lowest BCUT2D eigenvalue weighted by molar-refractivity contribution is -0.123. The Kier molecular flexibility index (Phi) is 10.1. The van der Waals surface area contributed by atoms with Crippen LogP contribution in [0.5, 0.6) is 11.5 Å². The number of benzene rings is 4. The van der Waals surface area contributed by atoms with Gasteiger partial charge in [-0.3, -0.25) is 9.69 Å². The number of anilines is 1. The molecule has 0 radical (unpaired) electrons. The van der Waals surface area contributed by atoms with Crippen LogP contribution >= 0.6 is 0 Å². The molecule has 4 aromatic rings. The van der Waals surface area contributed by atoms with Crippen molar-refractivity contribution in [1.29, 1.82) is 0 Å². The van der Waals surface area contributed by atoms with E-state index in [0.717, 1.165) is 55.6 Å². The minimum atomic E-state index is 0.0383. The van der Waals surface area contributed by atoms with Gasteiger partial charge in [-0.15, -0.1) is 0 Å². The summed E-state index contributed by atoms with van der Waals surface area (Å²) < 4.78 is 11.0. The van der Waals surface area contributed by atoms with E-state index in [9.17, 15) is 4.79 Å². The number of aryl methyl sites for hydroxylation is 1. The van der Waals surface area contributed by atoms with E-state index in [0.29, 0.717) is 24.6 Å². The second-order valence-electron chi connectivity index (χ2n) is 10.8. The number of hydrogen-bond acceptors (Lipinski definition) is 5. The molecule has 0 saturated carbocycles. The number of ether oxygens (including phenoxy) is 2. The minimum absolute atomic E-state index is 0.0383. The smallest absolute Gasteiger partial charge is 0.234 e. The van der Waals surface area contributed by atoms with Crippen LogP contribution in [0.1, 0.15) is 40.3 Å². The number of fused-ring (bicyclic) bond motifs is 1. The van der Waals surface area contributed by atoms with E-state index >= 15 is 0 Å². The molecule has 4 aromatic carbocycles. The Morgan fingerprint density at radius 3 is 2.31 bits per heavy atom. The predicted molar refractivity (Wildman–Crippen MR) is 169 cm³/mol. The van der Waals surface area contributed by atoms with E-state index in [1.54, 1.807) is 14.2 Å². The third kappa shape index (κ3) is 7.71.